The molecule has 0 atom stereocenters. The van der Waals surface area contributed by atoms with Crippen molar-refractivity contribution in [3.8, 4) is 0 Å². The average Bonchev–Trinajstić information content (AvgIpc) is 2.05. The SMILES string of the molecule is NS(=O)(=O)c1ccc(Cl)c(Cl)c1S(N)(=O)=O. The number of nitrogens with two attached hydrogens (primary N) is 2. The number of hydrogen-bond acceptors (Lipinski definition) is 4. The Balaban J connectivity index is 3.88. The second-order valence-corrected chi connectivity index (χ2v) is 6.59. The van der Waals surface area contributed by atoms with Crippen molar-refractivity contribution in [3.05, 3.63) is 22.2 Å². The second-order valence-electron chi connectivity index (χ2n) is 2.78. The molecule has 90 valence electrons. The first-order valence-corrected chi connectivity index (χ1v) is 7.43. The monoisotopic (exact) mass is 304 g/mol. The lowest BCUT2D eigenvalue weighted by molar-refractivity contribution is 0.584. The van der Waals surface area contributed by atoms with E-state index in [1.165, 1.54) is 0 Å². The van der Waals surface area contributed by atoms with E-state index in [9.17, 15) is 16.8 Å². The molecule has 10 heteroatoms. The molecule has 6 nitrogen and oxygen atoms in total. The maximum atomic E-state index is 11.2. The molecule has 0 spiro atoms. The maximum Gasteiger partial charge on any atom is 0.240 e. The van der Waals surface area contributed by atoms with E-state index in [-0.39, 0.29) is 5.02 Å². The predicted octanol–water partition coefficient (Wildman–Crippen LogP) is 0.288. The maximum absolute atomic E-state index is 11.2. The minimum atomic E-state index is -4.35. The van der Waals surface area contributed by atoms with Crippen LogP contribution in [-0.4, -0.2) is 16.8 Å². The van der Waals surface area contributed by atoms with Crippen LogP contribution in [-0.2, 0) is 20.0 Å². The molecule has 16 heavy (non-hydrogen) atoms. The molecule has 0 heterocycles. The molecule has 0 aliphatic heterocycles. The van der Waals surface area contributed by atoms with Crippen molar-refractivity contribution in [2.45, 2.75) is 9.79 Å². The highest BCUT2D eigenvalue weighted by atomic mass is 35.5. The van der Waals surface area contributed by atoms with Crippen LogP contribution in [0.3, 0.4) is 0 Å². The third-order valence-electron chi connectivity index (χ3n) is 1.60. The zero-order valence-electron chi connectivity index (χ0n) is 7.51. The van der Waals surface area contributed by atoms with Crippen molar-refractivity contribution in [2.24, 2.45) is 10.3 Å². The molecule has 0 saturated heterocycles. The quantitative estimate of drug-likeness (QED) is 0.815. The Morgan fingerprint density at radius 3 is 1.81 bits per heavy atom. The van der Waals surface area contributed by atoms with Gasteiger partial charge in [0.25, 0.3) is 0 Å². The highest BCUT2D eigenvalue weighted by molar-refractivity contribution is 7.92. The molecule has 1 aromatic rings. The fourth-order valence-corrected chi connectivity index (χ4v) is 3.78. The van der Waals surface area contributed by atoms with E-state index in [2.05, 4.69) is 0 Å². The van der Waals surface area contributed by atoms with Gasteiger partial charge in [0.1, 0.15) is 9.79 Å². The summed E-state index contributed by atoms with van der Waals surface area (Å²) in [7, 11) is -8.60. The van der Waals surface area contributed by atoms with E-state index in [4.69, 9.17) is 33.5 Å². The molecule has 1 rings (SSSR count). The number of rotatable bonds is 2. The van der Waals surface area contributed by atoms with Crippen molar-refractivity contribution in [2.75, 3.05) is 0 Å². The van der Waals surface area contributed by atoms with Crippen molar-refractivity contribution in [3.63, 3.8) is 0 Å². The van der Waals surface area contributed by atoms with Gasteiger partial charge in [-0.05, 0) is 12.1 Å². The van der Waals surface area contributed by atoms with Crippen LogP contribution in [0, 0.1) is 0 Å². The molecule has 0 saturated carbocycles. The summed E-state index contributed by atoms with van der Waals surface area (Å²) in [5.74, 6) is 0. The number of halogens is 2. The Labute approximate surface area is 102 Å². The molecule has 0 radical (unpaired) electrons. The summed E-state index contributed by atoms with van der Waals surface area (Å²) in [4.78, 5) is -1.49. The molecule has 0 aliphatic rings. The molecule has 0 aromatic heterocycles. The number of primary sulfonamides is 2. The van der Waals surface area contributed by atoms with Gasteiger partial charge in [-0.15, -0.1) is 0 Å². The van der Waals surface area contributed by atoms with Crippen LogP contribution in [0.1, 0.15) is 0 Å². The predicted molar refractivity (Wildman–Crippen MR) is 59.2 cm³/mol. The van der Waals surface area contributed by atoms with Crippen molar-refractivity contribution >= 4 is 43.2 Å². The lowest BCUT2D eigenvalue weighted by Crippen LogP contribution is -2.21. The topological polar surface area (TPSA) is 120 Å². The van der Waals surface area contributed by atoms with Crippen LogP contribution in [0.15, 0.2) is 21.9 Å². The van der Waals surface area contributed by atoms with Crippen LogP contribution in [0.2, 0.25) is 10.0 Å². The highest BCUT2D eigenvalue weighted by Crippen LogP contribution is 2.33. The lowest BCUT2D eigenvalue weighted by atomic mass is 10.3. The van der Waals surface area contributed by atoms with E-state index in [1.54, 1.807) is 0 Å². The molecule has 0 aliphatic carbocycles. The summed E-state index contributed by atoms with van der Waals surface area (Å²) in [6.45, 7) is 0. The molecule has 0 amide bonds. The van der Waals surface area contributed by atoms with E-state index in [0.717, 1.165) is 12.1 Å². The molecular weight excluding hydrogens is 299 g/mol. The number of hydrogen-bond donors (Lipinski definition) is 2. The fraction of sp³-hybridized carbons (Fsp3) is 0. The normalized spacial score (nSPS) is 12.8. The first kappa shape index (κ1) is 13.7. The summed E-state index contributed by atoms with van der Waals surface area (Å²) in [5.41, 5.74) is 0. The molecule has 0 fully saturated rings. The van der Waals surface area contributed by atoms with Gasteiger partial charge in [-0.3, -0.25) is 0 Å². The third-order valence-corrected chi connectivity index (χ3v) is 4.60. The summed E-state index contributed by atoms with van der Waals surface area (Å²) in [6.07, 6.45) is 0. The van der Waals surface area contributed by atoms with E-state index >= 15 is 0 Å². The standard InChI is InChI=1S/C6H6Cl2N2O4S2/c7-3-1-2-4(15(9,11)12)6(5(3)8)16(10,13)14/h1-2H,(H2,9,11,12)(H2,10,13,14). The van der Waals surface area contributed by atoms with Gasteiger partial charge < -0.3 is 0 Å². The average molecular weight is 305 g/mol. The second kappa shape index (κ2) is 4.13. The number of sulfonamides is 2. The Morgan fingerprint density at radius 2 is 1.44 bits per heavy atom. The molecule has 4 N–H and O–H groups in total. The van der Waals surface area contributed by atoms with Gasteiger partial charge in [0.05, 0.1) is 10.0 Å². The number of benzene rings is 1. The Bertz CT molecular complexity index is 639. The summed E-state index contributed by atoms with van der Waals surface area (Å²) in [6, 6.07) is 2.03. The van der Waals surface area contributed by atoms with Gasteiger partial charge in [-0.25, -0.2) is 27.1 Å². The van der Waals surface area contributed by atoms with E-state index in [1.807, 2.05) is 0 Å². The Kier molecular flexibility index (Phi) is 3.53. The Hall–Kier alpha value is -0.380. The first-order chi connectivity index (χ1) is 7.05. The van der Waals surface area contributed by atoms with E-state index < -0.39 is 34.9 Å². The minimum Gasteiger partial charge on any atom is -0.225 e. The van der Waals surface area contributed by atoms with Crippen molar-refractivity contribution in [1.82, 2.24) is 0 Å². The molecular formula is C6H6Cl2N2O4S2. The fourth-order valence-electron chi connectivity index (χ4n) is 1.00. The Morgan fingerprint density at radius 1 is 0.938 bits per heavy atom. The van der Waals surface area contributed by atoms with Crippen LogP contribution in [0.25, 0.3) is 0 Å². The molecule has 0 bridgehead atoms. The zero-order chi connectivity index (χ0) is 12.7. The highest BCUT2D eigenvalue weighted by Gasteiger charge is 2.26. The van der Waals surface area contributed by atoms with E-state index in [0.29, 0.717) is 0 Å². The largest absolute Gasteiger partial charge is 0.240 e. The first-order valence-electron chi connectivity index (χ1n) is 3.58. The summed E-state index contributed by atoms with van der Waals surface area (Å²) < 4.78 is 44.6. The zero-order valence-corrected chi connectivity index (χ0v) is 10.7. The summed E-state index contributed by atoms with van der Waals surface area (Å²) >= 11 is 11.1. The van der Waals surface area contributed by atoms with Gasteiger partial charge >= 0.3 is 0 Å². The van der Waals surface area contributed by atoms with Crippen molar-refractivity contribution in [1.29, 1.82) is 0 Å². The van der Waals surface area contributed by atoms with Crippen molar-refractivity contribution < 1.29 is 16.8 Å². The van der Waals surface area contributed by atoms with Crippen LogP contribution in [0.5, 0.6) is 0 Å². The van der Waals surface area contributed by atoms with Gasteiger partial charge in [0, 0.05) is 0 Å². The minimum absolute atomic E-state index is 0.141. The third kappa shape index (κ3) is 2.65. The van der Waals surface area contributed by atoms with Gasteiger partial charge in [0.15, 0.2) is 0 Å². The smallest absolute Gasteiger partial charge is 0.225 e. The van der Waals surface area contributed by atoms with Gasteiger partial charge in [-0.1, -0.05) is 23.2 Å². The van der Waals surface area contributed by atoms with Crippen LogP contribution < -0.4 is 10.3 Å². The van der Waals surface area contributed by atoms with Crippen LogP contribution in [0.4, 0.5) is 0 Å². The molecule has 1 aromatic carbocycles. The van der Waals surface area contributed by atoms with Gasteiger partial charge in [-0.2, -0.15) is 0 Å². The van der Waals surface area contributed by atoms with Gasteiger partial charge in [0.2, 0.25) is 20.0 Å². The summed E-state index contributed by atoms with van der Waals surface area (Å²) in [5, 5.41) is 9.04. The lowest BCUT2D eigenvalue weighted by Gasteiger charge is -2.08. The molecule has 0 unspecified atom stereocenters. The van der Waals surface area contributed by atoms with Crippen LogP contribution >= 0.6 is 23.2 Å².